The molecule has 0 saturated heterocycles. The van der Waals surface area contributed by atoms with Gasteiger partial charge in [0, 0.05) is 25.4 Å². The van der Waals surface area contributed by atoms with Gasteiger partial charge in [0.05, 0.1) is 0 Å². The predicted octanol–water partition coefficient (Wildman–Crippen LogP) is 3.80. The van der Waals surface area contributed by atoms with Crippen LogP contribution in [0, 0.1) is 0 Å². The summed E-state index contributed by atoms with van der Waals surface area (Å²) in [5.74, 6) is -0.427. The fourth-order valence-electron chi connectivity index (χ4n) is 1.51. The van der Waals surface area contributed by atoms with Crippen LogP contribution in [-0.2, 0) is 4.79 Å². The topological polar surface area (TPSA) is 55.1 Å². The van der Waals surface area contributed by atoms with Crippen molar-refractivity contribution in [2.75, 3.05) is 5.32 Å². The normalized spacial score (nSPS) is 12.1. The van der Waals surface area contributed by atoms with Crippen molar-refractivity contribution in [3.63, 3.8) is 0 Å². The fourth-order valence-corrected chi connectivity index (χ4v) is 3.20. The van der Waals surface area contributed by atoms with Crippen LogP contribution >= 0.6 is 38.9 Å². The van der Waals surface area contributed by atoms with Gasteiger partial charge >= 0.3 is 0 Å². The molecule has 1 atom stereocenters. The van der Waals surface area contributed by atoms with E-state index >= 15 is 0 Å². The average molecular weight is 346 g/mol. The maximum atomic E-state index is 11.5. The van der Waals surface area contributed by atoms with Gasteiger partial charge in [-0.2, -0.15) is 0 Å². The lowest BCUT2D eigenvalue weighted by molar-refractivity contribution is -0.118. The first-order valence-corrected chi connectivity index (χ1v) is 7.16. The highest BCUT2D eigenvalue weighted by Gasteiger charge is 2.19. The predicted molar refractivity (Wildman–Crippen MR) is 79.0 cm³/mol. The van der Waals surface area contributed by atoms with Crippen LogP contribution in [0.4, 0.5) is 5.69 Å². The summed E-state index contributed by atoms with van der Waals surface area (Å²) in [6, 6.07) is 8.49. The van der Waals surface area contributed by atoms with Crippen molar-refractivity contribution < 1.29 is 4.79 Å². The highest BCUT2D eigenvalue weighted by Crippen LogP contribution is 2.28. The molecular formula is C12H10BrClN2OS. The first-order chi connectivity index (χ1) is 8.56. The van der Waals surface area contributed by atoms with E-state index in [1.807, 2.05) is 23.6 Å². The molecule has 0 radical (unpaired) electrons. The Morgan fingerprint density at radius 3 is 2.78 bits per heavy atom. The van der Waals surface area contributed by atoms with E-state index in [1.54, 1.807) is 12.1 Å². The lowest BCUT2D eigenvalue weighted by atomic mass is 10.2. The lowest BCUT2D eigenvalue weighted by Crippen LogP contribution is -2.26. The van der Waals surface area contributed by atoms with Gasteiger partial charge in [0.15, 0.2) is 0 Å². The maximum Gasteiger partial charge on any atom is 0.245 e. The van der Waals surface area contributed by atoms with E-state index in [0.717, 1.165) is 15.0 Å². The standard InChI is InChI=1S/C12H10BrClN2OS/c13-7-4-10(18-6-7)11(12(15)17)16-9-3-1-2-8(14)5-9/h1-6,11,16H,(H2,15,17). The molecule has 2 aromatic rings. The number of primary amides is 1. The second-order valence-corrected chi connectivity index (χ2v) is 5.95. The molecule has 0 fully saturated rings. The first-order valence-electron chi connectivity index (χ1n) is 5.11. The Labute approximate surface area is 122 Å². The Hall–Kier alpha value is -1.04. The van der Waals surface area contributed by atoms with E-state index in [2.05, 4.69) is 21.2 Å². The van der Waals surface area contributed by atoms with Crippen LogP contribution in [0.2, 0.25) is 5.02 Å². The summed E-state index contributed by atoms with van der Waals surface area (Å²) >= 11 is 10.7. The second-order valence-electron chi connectivity index (χ2n) is 3.66. The minimum Gasteiger partial charge on any atom is -0.369 e. The number of nitrogens with one attached hydrogen (secondary N) is 1. The van der Waals surface area contributed by atoms with Crippen molar-refractivity contribution in [1.29, 1.82) is 0 Å². The van der Waals surface area contributed by atoms with E-state index < -0.39 is 11.9 Å². The molecule has 0 aliphatic heterocycles. The zero-order chi connectivity index (χ0) is 13.1. The Morgan fingerprint density at radius 1 is 1.44 bits per heavy atom. The van der Waals surface area contributed by atoms with Gasteiger partial charge in [-0.15, -0.1) is 11.3 Å². The SMILES string of the molecule is NC(=O)C(Nc1cccc(Cl)c1)c1cc(Br)cs1. The van der Waals surface area contributed by atoms with Crippen molar-refractivity contribution >= 4 is 50.5 Å². The molecule has 3 nitrogen and oxygen atoms in total. The first kappa shape index (κ1) is 13.4. The molecule has 0 bridgehead atoms. The van der Waals surface area contributed by atoms with Crippen molar-refractivity contribution in [1.82, 2.24) is 0 Å². The summed E-state index contributed by atoms with van der Waals surface area (Å²) in [5, 5.41) is 5.59. The third kappa shape index (κ3) is 3.25. The maximum absolute atomic E-state index is 11.5. The molecule has 1 unspecified atom stereocenters. The molecule has 6 heteroatoms. The number of hydrogen-bond acceptors (Lipinski definition) is 3. The third-order valence-corrected chi connectivity index (χ3v) is 4.29. The number of hydrogen-bond donors (Lipinski definition) is 2. The number of amides is 1. The molecule has 1 aromatic carbocycles. The Bertz CT molecular complexity index is 573. The van der Waals surface area contributed by atoms with Crippen LogP contribution in [0.15, 0.2) is 40.2 Å². The van der Waals surface area contributed by atoms with Crippen molar-refractivity contribution in [2.45, 2.75) is 6.04 Å². The zero-order valence-electron chi connectivity index (χ0n) is 9.19. The van der Waals surface area contributed by atoms with Crippen molar-refractivity contribution in [2.24, 2.45) is 5.73 Å². The highest BCUT2D eigenvalue weighted by atomic mass is 79.9. The summed E-state index contributed by atoms with van der Waals surface area (Å²) in [4.78, 5) is 12.4. The number of thiophene rings is 1. The van der Waals surface area contributed by atoms with Crippen molar-refractivity contribution in [3.8, 4) is 0 Å². The third-order valence-electron chi connectivity index (χ3n) is 2.29. The molecule has 2 rings (SSSR count). The van der Waals surface area contributed by atoms with Gasteiger partial charge in [-0.05, 0) is 40.2 Å². The minimum absolute atomic E-state index is 0.427. The van der Waals surface area contributed by atoms with Gasteiger partial charge in [0.25, 0.3) is 0 Å². The second kappa shape index (κ2) is 5.73. The molecule has 94 valence electrons. The molecule has 0 aliphatic carbocycles. The van der Waals surface area contributed by atoms with E-state index in [4.69, 9.17) is 17.3 Å². The number of nitrogens with two attached hydrogens (primary N) is 1. The van der Waals surface area contributed by atoms with Gasteiger partial charge in [-0.1, -0.05) is 17.7 Å². The fraction of sp³-hybridized carbons (Fsp3) is 0.0833. The lowest BCUT2D eigenvalue weighted by Gasteiger charge is -2.15. The Kier molecular flexibility index (Phi) is 4.27. The molecule has 0 aliphatic rings. The molecule has 0 spiro atoms. The van der Waals surface area contributed by atoms with Crippen LogP contribution in [0.5, 0.6) is 0 Å². The number of halogens is 2. The van der Waals surface area contributed by atoms with E-state index in [1.165, 1.54) is 11.3 Å². The van der Waals surface area contributed by atoms with E-state index in [-0.39, 0.29) is 0 Å². The van der Waals surface area contributed by atoms with E-state index in [9.17, 15) is 4.79 Å². The molecule has 1 heterocycles. The van der Waals surface area contributed by atoms with Gasteiger partial charge < -0.3 is 11.1 Å². The Balaban J connectivity index is 2.24. The van der Waals surface area contributed by atoms with Gasteiger partial charge in [-0.25, -0.2) is 0 Å². The molecule has 3 N–H and O–H groups in total. The van der Waals surface area contributed by atoms with Crippen LogP contribution in [-0.4, -0.2) is 5.91 Å². The number of anilines is 1. The van der Waals surface area contributed by atoms with Crippen molar-refractivity contribution in [3.05, 3.63) is 50.1 Å². The summed E-state index contributed by atoms with van der Waals surface area (Å²) in [5.41, 5.74) is 6.18. The average Bonchev–Trinajstić information content (AvgIpc) is 2.72. The number of carbonyl (C=O) groups is 1. The van der Waals surface area contributed by atoms with Gasteiger partial charge in [-0.3, -0.25) is 4.79 Å². The largest absolute Gasteiger partial charge is 0.369 e. The number of carbonyl (C=O) groups excluding carboxylic acids is 1. The number of rotatable bonds is 4. The smallest absolute Gasteiger partial charge is 0.245 e. The van der Waals surface area contributed by atoms with Crippen LogP contribution < -0.4 is 11.1 Å². The quantitative estimate of drug-likeness (QED) is 0.885. The molecule has 18 heavy (non-hydrogen) atoms. The molecule has 0 saturated carbocycles. The molecular weight excluding hydrogens is 336 g/mol. The summed E-state index contributed by atoms with van der Waals surface area (Å²) in [6.07, 6.45) is 0. The summed E-state index contributed by atoms with van der Waals surface area (Å²) < 4.78 is 0.932. The zero-order valence-corrected chi connectivity index (χ0v) is 12.3. The molecule has 1 aromatic heterocycles. The van der Waals surface area contributed by atoms with Gasteiger partial charge in [0.1, 0.15) is 6.04 Å². The number of benzene rings is 1. The summed E-state index contributed by atoms with van der Waals surface area (Å²) in [7, 11) is 0. The Morgan fingerprint density at radius 2 is 2.22 bits per heavy atom. The minimum atomic E-state index is -0.556. The van der Waals surface area contributed by atoms with Crippen LogP contribution in [0.3, 0.4) is 0 Å². The van der Waals surface area contributed by atoms with Crippen LogP contribution in [0.25, 0.3) is 0 Å². The summed E-state index contributed by atoms with van der Waals surface area (Å²) in [6.45, 7) is 0. The van der Waals surface area contributed by atoms with Crippen LogP contribution in [0.1, 0.15) is 10.9 Å². The van der Waals surface area contributed by atoms with Gasteiger partial charge in [0.2, 0.25) is 5.91 Å². The highest BCUT2D eigenvalue weighted by molar-refractivity contribution is 9.10. The van der Waals surface area contributed by atoms with E-state index in [0.29, 0.717) is 5.02 Å². The molecule has 1 amide bonds. The monoisotopic (exact) mass is 344 g/mol.